The van der Waals surface area contributed by atoms with E-state index in [4.69, 9.17) is 34.1 Å². The van der Waals surface area contributed by atoms with Crippen molar-refractivity contribution >= 4 is 0 Å². The first-order chi connectivity index (χ1) is 26.1. The SMILES string of the molecule is CCCCCc1ccc(C(OC(c2ccc(CCCCC)cc2)c2cnc(-c3ccc(OC)cc3)cn2)c2cnc(-c3ccc(OC)cc3)cn2)cc1. The van der Waals surface area contributed by atoms with Crippen LogP contribution in [0.15, 0.2) is 122 Å². The molecule has 7 nitrogen and oxygen atoms in total. The summed E-state index contributed by atoms with van der Waals surface area (Å²) in [6.45, 7) is 4.47. The van der Waals surface area contributed by atoms with Crippen molar-refractivity contribution < 1.29 is 14.2 Å². The molecule has 0 spiro atoms. The first-order valence-corrected chi connectivity index (χ1v) is 18.8. The lowest BCUT2D eigenvalue weighted by molar-refractivity contribution is 0.0258. The van der Waals surface area contributed by atoms with Gasteiger partial charge in [-0.25, -0.2) is 0 Å². The van der Waals surface area contributed by atoms with Crippen molar-refractivity contribution in [3.63, 3.8) is 0 Å². The van der Waals surface area contributed by atoms with Crippen LogP contribution in [-0.2, 0) is 17.6 Å². The summed E-state index contributed by atoms with van der Waals surface area (Å²) in [6.07, 6.45) is 15.5. The monoisotopic (exact) mass is 706 g/mol. The Kier molecular flexibility index (Phi) is 13.3. The average Bonchev–Trinajstić information content (AvgIpc) is 3.22. The number of aryl methyl sites for hydroxylation is 2. The Morgan fingerprint density at radius 1 is 0.453 bits per heavy atom. The summed E-state index contributed by atoms with van der Waals surface area (Å²) in [5.74, 6) is 1.59. The van der Waals surface area contributed by atoms with Gasteiger partial charge in [0.2, 0.25) is 0 Å². The smallest absolute Gasteiger partial charge is 0.127 e. The molecule has 0 aliphatic carbocycles. The minimum atomic E-state index is -0.519. The predicted octanol–water partition coefficient (Wildman–Crippen LogP) is 11.0. The molecule has 2 unspecified atom stereocenters. The Bertz CT molecular complexity index is 1820. The average molecular weight is 707 g/mol. The van der Waals surface area contributed by atoms with Crippen LogP contribution in [0.3, 0.4) is 0 Å². The topological polar surface area (TPSA) is 79.2 Å². The number of rotatable bonds is 18. The lowest BCUT2D eigenvalue weighted by Crippen LogP contribution is -2.16. The van der Waals surface area contributed by atoms with E-state index in [0.29, 0.717) is 11.4 Å². The van der Waals surface area contributed by atoms with E-state index < -0.39 is 12.2 Å². The van der Waals surface area contributed by atoms with Crippen molar-refractivity contribution in [3.05, 3.63) is 155 Å². The zero-order valence-electron chi connectivity index (χ0n) is 31.4. The highest BCUT2D eigenvalue weighted by atomic mass is 16.5. The van der Waals surface area contributed by atoms with Gasteiger partial charge >= 0.3 is 0 Å². The molecule has 2 aromatic heterocycles. The van der Waals surface area contributed by atoms with Crippen molar-refractivity contribution in [1.82, 2.24) is 19.9 Å². The van der Waals surface area contributed by atoms with Crippen LogP contribution in [0.25, 0.3) is 22.5 Å². The quantitative estimate of drug-likeness (QED) is 0.0823. The second-order valence-corrected chi connectivity index (χ2v) is 13.4. The van der Waals surface area contributed by atoms with E-state index in [2.05, 4.69) is 62.4 Å². The third-order valence-corrected chi connectivity index (χ3v) is 9.63. The van der Waals surface area contributed by atoms with Crippen LogP contribution in [0, 0.1) is 0 Å². The van der Waals surface area contributed by atoms with Crippen molar-refractivity contribution in [2.45, 2.75) is 77.4 Å². The molecule has 272 valence electrons. The highest BCUT2D eigenvalue weighted by Gasteiger charge is 2.26. The van der Waals surface area contributed by atoms with Crippen LogP contribution in [0.2, 0.25) is 0 Å². The number of methoxy groups -OCH3 is 2. The Balaban J connectivity index is 1.36. The van der Waals surface area contributed by atoms with Gasteiger partial charge in [-0.2, -0.15) is 0 Å². The van der Waals surface area contributed by atoms with E-state index in [9.17, 15) is 0 Å². The third kappa shape index (κ3) is 9.93. The molecule has 53 heavy (non-hydrogen) atoms. The molecule has 7 heteroatoms. The van der Waals surface area contributed by atoms with Crippen LogP contribution in [0.5, 0.6) is 11.5 Å². The summed E-state index contributed by atoms with van der Waals surface area (Å²) in [5.41, 5.74) is 9.53. The standard InChI is InChI=1S/C46H50N4O3/c1-5-7-9-11-33-13-17-37(18-14-33)45(43-31-47-41(29-49-43)35-21-25-39(51-3)26-22-35)53-46(38-19-15-34(16-20-38)12-10-8-6-2)44-32-48-42(30-50-44)36-23-27-40(52-4)28-24-36/h13-32,45-46H,5-12H2,1-4H3. The molecule has 2 heterocycles. The number of unbranched alkanes of at least 4 members (excludes halogenated alkanes) is 4. The lowest BCUT2D eigenvalue weighted by atomic mass is 9.99. The van der Waals surface area contributed by atoms with E-state index in [-0.39, 0.29) is 0 Å². The van der Waals surface area contributed by atoms with E-state index in [1.165, 1.54) is 49.7 Å². The highest BCUT2D eigenvalue weighted by molar-refractivity contribution is 5.60. The summed E-state index contributed by atoms with van der Waals surface area (Å²) >= 11 is 0. The maximum Gasteiger partial charge on any atom is 0.127 e. The molecule has 2 atom stereocenters. The van der Waals surface area contributed by atoms with Gasteiger partial charge in [0.25, 0.3) is 0 Å². The normalized spacial score (nSPS) is 12.3. The molecule has 6 rings (SSSR count). The van der Waals surface area contributed by atoms with Gasteiger partial charge in [0.1, 0.15) is 23.7 Å². The fourth-order valence-electron chi connectivity index (χ4n) is 6.42. The van der Waals surface area contributed by atoms with Crippen LogP contribution in [0.1, 0.15) is 98.2 Å². The Morgan fingerprint density at radius 3 is 1.17 bits per heavy atom. The van der Waals surface area contributed by atoms with Crippen molar-refractivity contribution in [1.29, 1.82) is 0 Å². The Hall–Kier alpha value is -5.40. The minimum absolute atomic E-state index is 0.519. The fraction of sp³-hybridized carbons (Fsp3) is 0.304. The second kappa shape index (κ2) is 18.9. The molecule has 0 radical (unpaired) electrons. The highest BCUT2D eigenvalue weighted by Crippen LogP contribution is 2.36. The number of ether oxygens (including phenoxy) is 3. The van der Waals surface area contributed by atoms with Gasteiger partial charge in [0.05, 0.1) is 61.8 Å². The number of hydrogen-bond donors (Lipinski definition) is 0. The fourth-order valence-corrected chi connectivity index (χ4v) is 6.42. The maximum absolute atomic E-state index is 7.19. The molecule has 6 aromatic rings. The van der Waals surface area contributed by atoms with E-state index in [0.717, 1.165) is 58.0 Å². The number of benzene rings is 4. The Labute approximate surface area is 314 Å². The van der Waals surface area contributed by atoms with E-state index >= 15 is 0 Å². The van der Waals surface area contributed by atoms with Crippen LogP contribution in [0.4, 0.5) is 0 Å². The number of aromatic nitrogens is 4. The van der Waals surface area contributed by atoms with Crippen molar-refractivity contribution in [3.8, 4) is 34.0 Å². The van der Waals surface area contributed by atoms with E-state index in [1.807, 2.05) is 73.3 Å². The first kappa shape index (κ1) is 37.4. The minimum Gasteiger partial charge on any atom is -0.497 e. The Morgan fingerprint density at radius 2 is 0.849 bits per heavy atom. The van der Waals surface area contributed by atoms with Gasteiger partial charge in [0, 0.05) is 11.1 Å². The van der Waals surface area contributed by atoms with Gasteiger partial charge in [-0.3, -0.25) is 19.9 Å². The van der Waals surface area contributed by atoms with Gasteiger partial charge in [0.15, 0.2) is 0 Å². The lowest BCUT2D eigenvalue weighted by Gasteiger charge is -2.25. The number of nitrogens with zero attached hydrogens (tertiary/aromatic N) is 4. The summed E-state index contributed by atoms with van der Waals surface area (Å²) in [4.78, 5) is 19.6. The predicted molar refractivity (Wildman–Crippen MR) is 212 cm³/mol. The van der Waals surface area contributed by atoms with Gasteiger partial charge in [-0.1, -0.05) is 88.1 Å². The summed E-state index contributed by atoms with van der Waals surface area (Å²) in [7, 11) is 3.33. The molecule has 0 aliphatic heterocycles. The summed E-state index contributed by atoms with van der Waals surface area (Å²) in [6, 6.07) is 33.2. The molecular weight excluding hydrogens is 657 g/mol. The molecule has 4 aromatic carbocycles. The van der Waals surface area contributed by atoms with Gasteiger partial charge in [-0.15, -0.1) is 0 Å². The van der Waals surface area contributed by atoms with Crippen molar-refractivity contribution in [2.24, 2.45) is 0 Å². The molecule has 0 amide bonds. The molecule has 0 N–H and O–H groups in total. The van der Waals surface area contributed by atoms with Crippen LogP contribution >= 0.6 is 0 Å². The summed E-state index contributed by atoms with van der Waals surface area (Å²) in [5, 5.41) is 0. The zero-order chi connectivity index (χ0) is 36.8. The molecule has 0 fully saturated rings. The number of hydrogen-bond acceptors (Lipinski definition) is 7. The molecule has 0 saturated carbocycles. The first-order valence-electron chi connectivity index (χ1n) is 18.8. The third-order valence-electron chi connectivity index (χ3n) is 9.63. The van der Waals surface area contributed by atoms with Gasteiger partial charge in [-0.05, 0) is 96.5 Å². The van der Waals surface area contributed by atoms with Crippen molar-refractivity contribution in [2.75, 3.05) is 14.2 Å². The van der Waals surface area contributed by atoms with Gasteiger partial charge < -0.3 is 14.2 Å². The van der Waals surface area contributed by atoms with Crippen LogP contribution < -0.4 is 9.47 Å². The van der Waals surface area contributed by atoms with Crippen LogP contribution in [-0.4, -0.2) is 34.2 Å². The molecule has 0 aliphatic rings. The maximum atomic E-state index is 7.19. The van der Waals surface area contributed by atoms with E-state index in [1.54, 1.807) is 14.2 Å². The second-order valence-electron chi connectivity index (χ2n) is 13.4. The molecular formula is C46H50N4O3. The largest absolute Gasteiger partial charge is 0.497 e. The molecule has 0 saturated heterocycles. The zero-order valence-corrected chi connectivity index (χ0v) is 31.4. The summed E-state index contributed by atoms with van der Waals surface area (Å²) < 4.78 is 17.9. The molecule has 0 bridgehead atoms.